The van der Waals surface area contributed by atoms with Crippen LogP contribution in [0, 0.1) is 5.82 Å². The van der Waals surface area contributed by atoms with Crippen molar-refractivity contribution < 1.29 is 22.3 Å². The fourth-order valence-electron chi connectivity index (χ4n) is 3.49. The van der Waals surface area contributed by atoms with Crippen molar-refractivity contribution in [1.29, 1.82) is 0 Å². The average molecular weight is 408 g/mol. The average Bonchev–Trinajstić information content (AvgIpc) is 3.23. The molecule has 1 unspecified atom stereocenters. The van der Waals surface area contributed by atoms with Crippen molar-refractivity contribution in [3.05, 3.63) is 53.8 Å². The van der Waals surface area contributed by atoms with Crippen LogP contribution in [0.5, 0.6) is 11.5 Å². The van der Waals surface area contributed by atoms with Gasteiger partial charge >= 0.3 is 0 Å². The first kappa shape index (κ1) is 20.6. The zero-order valence-corrected chi connectivity index (χ0v) is 16.8. The monoisotopic (exact) mass is 408 g/mol. The van der Waals surface area contributed by atoms with Crippen LogP contribution in [0.25, 0.3) is 0 Å². The molecule has 3 rings (SSSR count). The molecule has 0 aliphatic carbocycles. The molecule has 8 heteroatoms. The van der Waals surface area contributed by atoms with Gasteiger partial charge in [-0.15, -0.1) is 0 Å². The van der Waals surface area contributed by atoms with Gasteiger partial charge in [0.2, 0.25) is 10.0 Å². The third kappa shape index (κ3) is 4.45. The Bertz CT molecular complexity index is 900. The number of hydrogen-bond donors (Lipinski definition) is 1. The van der Waals surface area contributed by atoms with E-state index < -0.39 is 20.7 Å². The molecule has 2 aromatic rings. The summed E-state index contributed by atoms with van der Waals surface area (Å²) in [4.78, 5) is 1.79. The lowest BCUT2D eigenvalue weighted by Crippen LogP contribution is -2.37. The third-order valence-electron chi connectivity index (χ3n) is 4.96. The van der Waals surface area contributed by atoms with Gasteiger partial charge in [-0.3, -0.25) is 4.90 Å². The van der Waals surface area contributed by atoms with Crippen molar-refractivity contribution in [2.45, 2.75) is 23.8 Å². The maximum atomic E-state index is 14.4. The molecule has 1 heterocycles. The molecule has 0 aromatic heterocycles. The molecule has 0 radical (unpaired) electrons. The smallest absolute Gasteiger partial charge is 0.243 e. The summed E-state index contributed by atoms with van der Waals surface area (Å²) in [7, 11) is -1.33. The van der Waals surface area contributed by atoms with Crippen molar-refractivity contribution in [3.63, 3.8) is 0 Å². The molecule has 0 bridgehead atoms. The van der Waals surface area contributed by atoms with Crippen LogP contribution in [-0.4, -0.2) is 47.2 Å². The Morgan fingerprint density at radius 2 is 1.68 bits per heavy atom. The molecule has 1 N–H and O–H groups in total. The highest BCUT2D eigenvalue weighted by atomic mass is 32.2. The largest absolute Gasteiger partial charge is 0.493 e. The van der Waals surface area contributed by atoms with Crippen LogP contribution in [-0.2, 0) is 10.0 Å². The minimum atomic E-state index is -4.07. The lowest BCUT2D eigenvalue weighted by Gasteiger charge is -2.28. The Hall–Kier alpha value is -2.16. The second-order valence-electron chi connectivity index (χ2n) is 6.66. The Kier molecular flexibility index (Phi) is 6.53. The van der Waals surface area contributed by atoms with Crippen molar-refractivity contribution in [3.8, 4) is 11.5 Å². The number of rotatable bonds is 8. The summed E-state index contributed by atoms with van der Waals surface area (Å²) >= 11 is 0. The third-order valence-corrected chi connectivity index (χ3v) is 6.40. The number of halogens is 1. The standard InChI is InChI=1S/C20H25FN2O4S/c1-26-18-12-16(21)20(13-19(18)27-2)28(24,25)22-14-17(23-10-6-7-11-23)15-8-4-3-5-9-15/h3-5,8-9,12-13,17,22H,6-7,10-11,14H2,1-2H3. The van der Waals surface area contributed by atoms with Crippen molar-refractivity contribution in [2.75, 3.05) is 33.9 Å². The van der Waals surface area contributed by atoms with Gasteiger partial charge in [0.05, 0.1) is 14.2 Å². The van der Waals surface area contributed by atoms with Gasteiger partial charge < -0.3 is 9.47 Å². The van der Waals surface area contributed by atoms with Crippen LogP contribution in [0.3, 0.4) is 0 Å². The molecule has 1 aliphatic heterocycles. The van der Waals surface area contributed by atoms with Gasteiger partial charge in [0, 0.05) is 24.7 Å². The number of hydrogen-bond acceptors (Lipinski definition) is 5. The van der Waals surface area contributed by atoms with Gasteiger partial charge in [0.25, 0.3) is 0 Å². The Morgan fingerprint density at radius 1 is 1.07 bits per heavy atom. The SMILES string of the molecule is COc1cc(F)c(S(=O)(=O)NCC(c2ccccc2)N2CCCC2)cc1OC. The minimum absolute atomic E-state index is 0.110. The second-order valence-corrected chi connectivity index (χ2v) is 8.39. The second kappa shape index (κ2) is 8.89. The Balaban J connectivity index is 1.85. The van der Waals surface area contributed by atoms with Crippen molar-refractivity contribution >= 4 is 10.0 Å². The van der Waals surface area contributed by atoms with Crippen LogP contribution < -0.4 is 14.2 Å². The molecule has 2 aromatic carbocycles. The molecule has 1 fully saturated rings. The van der Waals surface area contributed by atoms with Gasteiger partial charge in [-0.1, -0.05) is 30.3 Å². The topological polar surface area (TPSA) is 67.9 Å². The van der Waals surface area contributed by atoms with E-state index in [-0.39, 0.29) is 24.1 Å². The van der Waals surface area contributed by atoms with Crippen LogP contribution in [0.4, 0.5) is 4.39 Å². The van der Waals surface area contributed by atoms with Gasteiger partial charge in [-0.2, -0.15) is 0 Å². The summed E-state index contributed by atoms with van der Waals surface area (Å²) < 4.78 is 52.8. The molecule has 0 spiro atoms. The quantitative estimate of drug-likeness (QED) is 0.727. The molecule has 1 atom stereocenters. The maximum Gasteiger partial charge on any atom is 0.243 e. The number of nitrogens with zero attached hydrogens (tertiary/aromatic N) is 1. The summed E-state index contributed by atoms with van der Waals surface area (Å²) in [6.07, 6.45) is 2.17. The lowest BCUT2D eigenvalue weighted by molar-refractivity contribution is 0.246. The van der Waals surface area contributed by atoms with E-state index in [0.29, 0.717) is 0 Å². The first-order valence-corrected chi connectivity index (χ1v) is 10.6. The number of nitrogens with one attached hydrogen (secondary N) is 1. The van der Waals surface area contributed by atoms with Crippen LogP contribution >= 0.6 is 0 Å². The normalized spacial score (nSPS) is 16.1. The van der Waals surface area contributed by atoms with Crippen molar-refractivity contribution in [2.24, 2.45) is 0 Å². The first-order valence-electron chi connectivity index (χ1n) is 9.16. The van der Waals surface area contributed by atoms with Gasteiger partial charge in [-0.05, 0) is 31.5 Å². The van der Waals surface area contributed by atoms with Crippen molar-refractivity contribution in [1.82, 2.24) is 9.62 Å². The highest BCUT2D eigenvalue weighted by Gasteiger charge is 2.27. The van der Waals surface area contributed by atoms with E-state index in [9.17, 15) is 12.8 Å². The molecule has 0 amide bonds. The van der Waals surface area contributed by atoms with E-state index >= 15 is 0 Å². The highest BCUT2D eigenvalue weighted by molar-refractivity contribution is 7.89. The van der Waals surface area contributed by atoms with Crippen LogP contribution in [0.1, 0.15) is 24.4 Å². The molecule has 28 heavy (non-hydrogen) atoms. The fourth-order valence-corrected chi connectivity index (χ4v) is 4.60. The Labute approximate surface area is 165 Å². The number of likely N-dealkylation sites (tertiary alicyclic amines) is 1. The van der Waals surface area contributed by atoms with E-state index in [0.717, 1.165) is 43.6 Å². The van der Waals surface area contributed by atoms with E-state index in [1.807, 2.05) is 30.3 Å². The zero-order chi connectivity index (χ0) is 20.1. The van der Waals surface area contributed by atoms with Gasteiger partial charge in [-0.25, -0.2) is 17.5 Å². The van der Waals surface area contributed by atoms with E-state index in [2.05, 4.69) is 9.62 Å². The number of methoxy groups -OCH3 is 2. The fraction of sp³-hybridized carbons (Fsp3) is 0.400. The maximum absolute atomic E-state index is 14.4. The van der Waals surface area contributed by atoms with Gasteiger partial charge in [0.15, 0.2) is 11.5 Å². The molecular formula is C20H25FN2O4S. The molecule has 1 aliphatic rings. The predicted molar refractivity (Wildman–Crippen MR) is 105 cm³/mol. The molecule has 1 saturated heterocycles. The molecule has 6 nitrogen and oxygen atoms in total. The molecular weight excluding hydrogens is 383 g/mol. The lowest BCUT2D eigenvalue weighted by atomic mass is 10.1. The minimum Gasteiger partial charge on any atom is -0.493 e. The summed E-state index contributed by atoms with van der Waals surface area (Å²) in [5.41, 5.74) is 1.03. The van der Waals surface area contributed by atoms with E-state index in [1.54, 1.807) is 0 Å². The zero-order valence-electron chi connectivity index (χ0n) is 16.0. The van der Waals surface area contributed by atoms with E-state index in [1.165, 1.54) is 14.2 Å². The summed E-state index contributed by atoms with van der Waals surface area (Å²) in [6.45, 7) is 1.97. The van der Waals surface area contributed by atoms with Crippen LogP contribution in [0.15, 0.2) is 47.4 Å². The highest BCUT2D eigenvalue weighted by Crippen LogP contribution is 2.32. The molecule has 0 saturated carbocycles. The van der Waals surface area contributed by atoms with Gasteiger partial charge in [0.1, 0.15) is 10.7 Å². The summed E-state index contributed by atoms with van der Waals surface area (Å²) in [5, 5.41) is 0. The first-order chi connectivity index (χ1) is 13.5. The number of ether oxygens (including phenoxy) is 2. The van der Waals surface area contributed by atoms with E-state index in [4.69, 9.17) is 9.47 Å². The number of benzene rings is 2. The number of sulfonamides is 1. The Morgan fingerprint density at radius 3 is 2.29 bits per heavy atom. The molecule has 152 valence electrons. The summed E-state index contributed by atoms with van der Waals surface area (Å²) in [5.74, 6) is -0.593. The summed E-state index contributed by atoms with van der Waals surface area (Å²) in [6, 6.07) is 11.8. The predicted octanol–water partition coefficient (Wildman–Crippen LogP) is 2.96. The van der Waals surface area contributed by atoms with Crippen LogP contribution in [0.2, 0.25) is 0 Å².